The van der Waals surface area contributed by atoms with Gasteiger partial charge in [-0.05, 0) is 42.5 Å². The van der Waals surface area contributed by atoms with E-state index in [0.717, 1.165) is 17.7 Å². The summed E-state index contributed by atoms with van der Waals surface area (Å²) in [5.41, 5.74) is 8.32. The molecule has 100 valence electrons. The van der Waals surface area contributed by atoms with Crippen molar-refractivity contribution in [3.05, 3.63) is 60.3 Å². The number of nitrogens with two attached hydrogens (primary N) is 1. The van der Waals surface area contributed by atoms with Crippen molar-refractivity contribution in [2.45, 2.75) is 0 Å². The fourth-order valence-electron chi connectivity index (χ4n) is 1.92. The van der Waals surface area contributed by atoms with Gasteiger partial charge in [-0.1, -0.05) is 0 Å². The Morgan fingerprint density at radius 2 is 1.60 bits per heavy atom. The highest BCUT2D eigenvalue weighted by Gasteiger charge is 2.08. The average molecular weight is 271 g/mol. The zero-order valence-electron chi connectivity index (χ0n) is 10.4. The molecule has 0 aliphatic carbocycles. The second kappa shape index (κ2) is 4.77. The first-order valence-corrected chi connectivity index (χ1v) is 6.00. The van der Waals surface area contributed by atoms with Crippen LogP contribution in [0.2, 0.25) is 0 Å². The molecule has 0 aliphatic rings. The van der Waals surface area contributed by atoms with Gasteiger partial charge in [0.25, 0.3) is 0 Å². The highest BCUT2D eigenvalue weighted by Crippen LogP contribution is 2.24. The van der Waals surface area contributed by atoms with E-state index in [1.807, 2.05) is 12.1 Å². The molecule has 0 radical (unpaired) electrons. The molecule has 0 bridgehead atoms. The van der Waals surface area contributed by atoms with E-state index < -0.39 is 11.6 Å². The summed E-state index contributed by atoms with van der Waals surface area (Å²) in [6.45, 7) is 0. The number of hydrogen-bond acceptors (Lipinski definition) is 2. The second-order valence-corrected chi connectivity index (χ2v) is 4.40. The number of imidazole rings is 1. The third-order valence-corrected chi connectivity index (χ3v) is 2.99. The van der Waals surface area contributed by atoms with Crippen molar-refractivity contribution in [1.82, 2.24) is 9.97 Å². The average Bonchev–Trinajstić information content (AvgIpc) is 2.92. The topological polar surface area (TPSA) is 54.7 Å². The van der Waals surface area contributed by atoms with E-state index >= 15 is 0 Å². The summed E-state index contributed by atoms with van der Waals surface area (Å²) in [5, 5.41) is 0. The Morgan fingerprint density at radius 1 is 0.900 bits per heavy atom. The summed E-state index contributed by atoms with van der Waals surface area (Å²) in [7, 11) is 0. The molecule has 3 nitrogen and oxygen atoms in total. The fourth-order valence-corrected chi connectivity index (χ4v) is 1.92. The molecule has 3 N–H and O–H groups in total. The van der Waals surface area contributed by atoms with Crippen molar-refractivity contribution in [2.75, 3.05) is 5.73 Å². The predicted molar refractivity (Wildman–Crippen MR) is 73.8 cm³/mol. The lowest BCUT2D eigenvalue weighted by Gasteiger charge is -2.00. The Hall–Kier alpha value is -2.69. The molecule has 3 rings (SSSR count). The molecule has 2 aromatic carbocycles. The van der Waals surface area contributed by atoms with Gasteiger partial charge < -0.3 is 10.7 Å². The van der Waals surface area contributed by atoms with E-state index in [1.165, 1.54) is 6.07 Å². The lowest BCUT2D eigenvalue weighted by molar-refractivity contribution is 0.509. The largest absolute Gasteiger partial charge is 0.399 e. The third-order valence-electron chi connectivity index (χ3n) is 2.99. The van der Waals surface area contributed by atoms with Gasteiger partial charge in [0.1, 0.15) is 5.82 Å². The number of halogens is 2. The lowest BCUT2D eigenvalue weighted by Crippen LogP contribution is -1.86. The summed E-state index contributed by atoms with van der Waals surface area (Å²) < 4.78 is 26.1. The van der Waals surface area contributed by atoms with Gasteiger partial charge in [-0.2, -0.15) is 0 Å². The quantitative estimate of drug-likeness (QED) is 0.700. The molecule has 0 aliphatic heterocycles. The van der Waals surface area contributed by atoms with Crippen LogP contribution in [-0.4, -0.2) is 9.97 Å². The third kappa shape index (κ3) is 2.25. The van der Waals surface area contributed by atoms with E-state index in [1.54, 1.807) is 18.3 Å². The number of H-pyrrole nitrogens is 1. The second-order valence-electron chi connectivity index (χ2n) is 4.40. The predicted octanol–water partition coefficient (Wildman–Crippen LogP) is 3.60. The maximum Gasteiger partial charge on any atom is 0.159 e. The van der Waals surface area contributed by atoms with Crippen LogP contribution in [0.1, 0.15) is 0 Å². The van der Waals surface area contributed by atoms with E-state index in [-0.39, 0.29) is 0 Å². The number of anilines is 1. The van der Waals surface area contributed by atoms with Crippen molar-refractivity contribution in [3.8, 4) is 22.6 Å². The SMILES string of the molecule is Nc1ccc(-c2ncc(-c3ccc(F)c(F)c3)[nH]2)cc1. The number of hydrogen-bond donors (Lipinski definition) is 2. The number of aromatic nitrogens is 2. The molecule has 0 unspecified atom stereocenters. The highest BCUT2D eigenvalue weighted by molar-refractivity contribution is 5.65. The Morgan fingerprint density at radius 3 is 2.30 bits per heavy atom. The summed E-state index contributed by atoms with van der Waals surface area (Å²) in [6, 6.07) is 10.9. The molecular formula is C15H11F2N3. The standard InChI is InChI=1S/C15H11F2N3/c16-12-6-3-10(7-13(12)17)14-8-19-15(20-14)9-1-4-11(18)5-2-9/h1-8H,18H2,(H,19,20). The molecule has 0 atom stereocenters. The van der Waals surface area contributed by atoms with Crippen LogP contribution in [-0.2, 0) is 0 Å². The van der Waals surface area contributed by atoms with Crippen molar-refractivity contribution in [3.63, 3.8) is 0 Å². The van der Waals surface area contributed by atoms with Crippen molar-refractivity contribution in [1.29, 1.82) is 0 Å². The van der Waals surface area contributed by atoms with Gasteiger partial charge >= 0.3 is 0 Å². The van der Waals surface area contributed by atoms with Crippen LogP contribution >= 0.6 is 0 Å². The summed E-state index contributed by atoms with van der Waals surface area (Å²) in [5.74, 6) is -1.11. The molecule has 0 fully saturated rings. The van der Waals surface area contributed by atoms with Crippen LogP contribution in [0.25, 0.3) is 22.6 Å². The van der Waals surface area contributed by atoms with Gasteiger partial charge in [0.15, 0.2) is 11.6 Å². The van der Waals surface area contributed by atoms with Gasteiger partial charge in [0.05, 0.1) is 11.9 Å². The van der Waals surface area contributed by atoms with Gasteiger partial charge in [0.2, 0.25) is 0 Å². The van der Waals surface area contributed by atoms with Crippen LogP contribution < -0.4 is 5.73 Å². The maximum atomic E-state index is 13.2. The Bertz CT molecular complexity index is 748. The molecule has 1 heterocycles. The minimum atomic E-state index is -0.883. The Kier molecular flexibility index (Phi) is 2.95. The molecule has 5 heteroatoms. The van der Waals surface area contributed by atoms with Crippen LogP contribution in [0.5, 0.6) is 0 Å². The molecule has 0 saturated heterocycles. The molecular weight excluding hydrogens is 260 g/mol. The lowest BCUT2D eigenvalue weighted by atomic mass is 10.1. The van der Waals surface area contributed by atoms with Crippen LogP contribution in [0.15, 0.2) is 48.7 Å². The summed E-state index contributed by atoms with van der Waals surface area (Å²) in [4.78, 5) is 7.30. The molecule has 3 aromatic rings. The number of nitrogen functional groups attached to an aromatic ring is 1. The molecule has 0 spiro atoms. The minimum absolute atomic E-state index is 0.540. The minimum Gasteiger partial charge on any atom is -0.399 e. The fraction of sp³-hybridized carbons (Fsp3) is 0. The first kappa shape index (κ1) is 12.3. The maximum absolute atomic E-state index is 13.2. The zero-order chi connectivity index (χ0) is 14.1. The van der Waals surface area contributed by atoms with Gasteiger partial charge in [-0.25, -0.2) is 13.8 Å². The number of benzene rings is 2. The highest BCUT2D eigenvalue weighted by atomic mass is 19.2. The van der Waals surface area contributed by atoms with Crippen LogP contribution in [0.3, 0.4) is 0 Å². The van der Waals surface area contributed by atoms with Crippen LogP contribution in [0, 0.1) is 11.6 Å². The van der Waals surface area contributed by atoms with Gasteiger partial charge in [-0.3, -0.25) is 0 Å². The number of aromatic amines is 1. The number of rotatable bonds is 2. The van der Waals surface area contributed by atoms with Gasteiger partial charge in [0, 0.05) is 16.8 Å². The normalized spacial score (nSPS) is 10.7. The number of nitrogens with one attached hydrogen (secondary N) is 1. The van der Waals surface area contributed by atoms with Crippen LogP contribution in [0.4, 0.5) is 14.5 Å². The first-order valence-electron chi connectivity index (χ1n) is 6.00. The monoisotopic (exact) mass is 271 g/mol. The van der Waals surface area contributed by atoms with E-state index in [9.17, 15) is 8.78 Å². The zero-order valence-corrected chi connectivity index (χ0v) is 10.4. The van der Waals surface area contributed by atoms with E-state index in [0.29, 0.717) is 22.8 Å². The first-order chi connectivity index (χ1) is 9.63. The van der Waals surface area contributed by atoms with Crippen molar-refractivity contribution in [2.24, 2.45) is 0 Å². The Balaban J connectivity index is 1.97. The summed E-state index contributed by atoms with van der Waals surface area (Å²) in [6.07, 6.45) is 1.58. The summed E-state index contributed by atoms with van der Waals surface area (Å²) >= 11 is 0. The van der Waals surface area contributed by atoms with E-state index in [2.05, 4.69) is 9.97 Å². The Labute approximate surface area is 114 Å². The molecule has 0 amide bonds. The van der Waals surface area contributed by atoms with Crippen molar-refractivity contribution < 1.29 is 8.78 Å². The van der Waals surface area contributed by atoms with E-state index in [4.69, 9.17) is 5.73 Å². The molecule has 1 aromatic heterocycles. The smallest absolute Gasteiger partial charge is 0.159 e. The number of nitrogens with zero attached hydrogens (tertiary/aromatic N) is 1. The molecule has 0 saturated carbocycles. The molecule has 20 heavy (non-hydrogen) atoms. The van der Waals surface area contributed by atoms with Crippen molar-refractivity contribution >= 4 is 5.69 Å². The van der Waals surface area contributed by atoms with Gasteiger partial charge in [-0.15, -0.1) is 0 Å².